The first-order valence-electron chi connectivity index (χ1n) is 7.13. The number of rotatable bonds is 7. The second kappa shape index (κ2) is 7.74. The van der Waals surface area contributed by atoms with Crippen molar-refractivity contribution in [3.63, 3.8) is 0 Å². The Morgan fingerprint density at radius 2 is 1.86 bits per heavy atom. The summed E-state index contributed by atoms with van der Waals surface area (Å²) in [5.74, 6) is 0.606. The van der Waals surface area contributed by atoms with Crippen LogP contribution >= 0.6 is 0 Å². The van der Waals surface area contributed by atoms with E-state index in [1.807, 2.05) is 19.1 Å². The second-order valence-electron chi connectivity index (χ2n) is 5.00. The topological polar surface area (TPSA) is 34.1 Å². The van der Waals surface area contributed by atoms with Gasteiger partial charge >= 0.3 is 0 Å². The van der Waals surface area contributed by atoms with Crippen LogP contribution in [0, 0.1) is 12.7 Å². The number of aryl methyl sites for hydroxylation is 1. The smallest absolute Gasteiger partial charge is 0.141 e. The van der Waals surface area contributed by atoms with Gasteiger partial charge in [-0.15, -0.1) is 0 Å². The van der Waals surface area contributed by atoms with Gasteiger partial charge in [0.25, 0.3) is 0 Å². The molecule has 1 heterocycles. The number of pyridine rings is 1. The summed E-state index contributed by atoms with van der Waals surface area (Å²) in [6.45, 7) is 3.63. The molecule has 0 aliphatic carbocycles. The summed E-state index contributed by atoms with van der Waals surface area (Å²) in [6.07, 6.45) is 3.01. The van der Waals surface area contributed by atoms with Crippen molar-refractivity contribution in [3.8, 4) is 5.75 Å². The maximum atomic E-state index is 13.1. The van der Waals surface area contributed by atoms with Crippen LogP contribution < -0.4 is 10.1 Å². The first-order chi connectivity index (χ1) is 10.2. The van der Waals surface area contributed by atoms with Gasteiger partial charge in [-0.2, -0.15) is 0 Å². The zero-order valence-corrected chi connectivity index (χ0v) is 12.5. The highest BCUT2D eigenvalue weighted by atomic mass is 19.1. The van der Waals surface area contributed by atoms with Gasteiger partial charge in [-0.05, 0) is 62.2 Å². The van der Waals surface area contributed by atoms with Gasteiger partial charge in [0.05, 0.1) is 13.3 Å². The quantitative estimate of drug-likeness (QED) is 0.795. The molecule has 1 aromatic heterocycles. The third-order valence-corrected chi connectivity index (χ3v) is 3.48. The largest absolute Gasteiger partial charge is 0.497 e. The van der Waals surface area contributed by atoms with Gasteiger partial charge in [0.2, 0.25) is 0 Å². The summed E-state index contributed by atoms with van der Waals surface area (Å²) in [5.41, 5.74) is 3.13. The number of nitrogens with one attached hydrogen (secondary N) is 1. The molecule has 0 radical (unpaired) electrons. The average Bonchev–Trinajstić information content (AvgIpc) is 2.51. The molecular formula is C17H21FN2O. The number of hydrogen-bond acceptors (Lipinski definition) is 3. The Kier molecular flexibility index (Phi) is 5.69. The number of methoxy groups -OCH3 is 1. The Hall–Kier alpha value is -1.94. The fourth-order valence-corrected chi connectivity index (χ4v) is 2.18. The van der Waals surface area contributed by atoms with Crippen LogP contribution in [-0.2, 0) is 12.8 Å². The molecule has 0 aliphatic rings. The van der Waals surface area contributed by atoms with E-state index < -0.39 is 0 Å². The summed E-state index contributed by atoms with van der Waals surface area (Å²) >= 11 is 0. The number of nitrogens with zero attached hydrogens (tertiary/aromatic N) is 1. The fraction of sp³-hybridized carbons (Fsp3) is 0.353. The first kappa shape index (κ1) is 15.4. The number of hydrogen-bond donors (Lipinski definition) is 1. The third kappa shape index (κ3) is 4.83. The molecule has 0 atom stereocenters. The zero-order valence-electron chi connectivity index (χ0n) is 12.5. The minimum absolute atomic E-state index is 0.270. The van der Waals surface area contributed by atoms with Crippen LogP contribution in [0.4, 0.5) is 4.39 Å². The highest BCUT2D eigenvalue weighted by molar-refractivity contribution is 5.27. The van der Waals surface area contributed by atoms with Crippen molar-refractivity contribution in [2.24, 2.45) is 0 Å². The van der Waals surface area contributed by atoms with E-state index in [9.17, 15) is 4.39 Å². The lowest BCUT2D eigenvalue weighted by Gasteiger charge is -2.07. The zero-order chi connectivity index (χ0) is 15.1. The number of halogens is 1. The molecule has 2 aromatic rings. The second-order valence-corrected chi connectivity index (χ2v) is 5.00. The molecule has 0 fully saturated rings. The van der Waals surface area contributed by atoms with Gasteiger partial charge in [-0.3, -0.25) is 4.98 Å². The van der Waals surface area contributed by atoms with E-state index in [2.05, 4.69) is 22.4 Å². The predicted octanol–water partition coefficient (Wildman–Crippen LogP) is 2.91. The molecule has 21 heavy (non-hydrogen) atoms. The monoisotopic (exact) mass is 288 g/mol. The maximum absolute atomic E-state index is 13.1. The number of benzene rings is 1. The number of ether oxygens (including phenoxy) is 1. The van der Waals surface area contributed by atoms with E-state index in [1.54, 1.807) is 13.2 Å². The van der Waals surface area contributed by atoms with Crippen LogP contribution in [0.1, 0.15) is 16.8 Å². The third-order valence-electron chi connectivity index (χ3n) is 3.48. The fourth-order valence-electron chi connectivity index (χ4n) is 2.18. The molecule has 0 saturated carbocycles. The summed E-state index contributed by atoms with van der Waals surface area (Å²) < 4.78 is 18.2. The van der Waals surface area contributed by atoms with Crippen molar-refractivity contribution in [3.05, 3.63) is 59.2 Å². The van der Waals surface area contributed by atoms with Gasteiger partial charge in [-0.25, -0.2) is 4.39 Å². The molecule has 0 bridgehead atoms. The SMILES string of the molecule is COc1ccc(CCNCCc2cc(F)cnc2C)cc1. The minimum atomic E-state index is -0.270. The van der Waals surface area contributed by atoms with E-state index in [0.29, 0.717) is 0 Å². The van der Waals surface area contributed by atoms with Crippen molar-refractivity contribution in [1.29, 1.82) is 0 Å². The van der Waals surface area contributed by atoms with Gasteiger partial charge < -0.3 is 10.1 Å². The van der Waals surface area contributed by atoms with Crippen LogP contribution in [0.25, 0.3) is 0 Å². The van der Waals surface area contributed by atoms with Crippen molar-refractivity contribution in [2.45, 2.75) is 19.8 Å². The Labute approximate surface area is 125 Å². The van der Waals surface area contributed by atoms with E-state index in [4.69, 9.17) is 4.74 Å². The standard InChI is InChI=1S/C17H21FN2O/c1-13-15(11-16(18)12-20-13)8-10-19-9-7-14-3-5-17(21-2)6-4-14/h3-6,11-12,19H,7-10H2,1-2H3. The van der Waals surface area contributed by atoms with E-state index in [-0.39, 0.29) is 5.82 Å². The van der Waals surface area contributed by atoms with E-state index in [1.165, 1.54) is 11.8 Å². The predicted molar refractivity (Wildman–Crippen MR) is 82.2 cm³/mol. The summed E-state index contributed by atoms with van der Waals surface area (Å²) in [4.78, 5) is 4.03. The van der Waals surface area contributed by atoms with Gasteiger partial charge in [-0.1, -0.05) is 12.1 Å². The Morgan fingerprint density at radius 1 is 1.14 bits per heavy atom. The lowest BCUT2D eigenvalue weighted by Crippen LogP contribution is -2.20. The first-order valence-corrected chi connectivity index (χ1v) is 7.13. The normalized spacial score (nSPS) is 10.6. The highest BCUT2D eigenvalue weighted by Gasteiger charge is 2.01. The minimum Gasteiger partial charge on any atom is -0.497 e. The summed E-state index contributed by atoms with van der Waals surface area (Å²) in [7, 11) is 1.67. The van der Waals surface area contributed by atoms with Crippen LogP contribution in [0.2, 0.25) is 0 Å². The van der Waals surface area contributed by atoms with Gasteiger partial charge in [0.15, 0.2) is 0 Å². The molecule has 0 aliphatic heterocycles. The average molecular weight is 288 g/mol. The van der Waals surface area contributed by atoms with Gasteiger partial charge in [0.1, 0.15) is 11.6 Å². The van der Waals surface area contributed by atoms with Crippen LogP contribution in [0.15, 0.2) is 36.5 Å². The summed E-state index contributed by atoms with van der Waals surface area (Å²) in [6, 6.07) is 9.64. The van der Waals surface area contributed by atoms with Gasteiger partial charge in [0, 0.05) is 5.69 Å². The maximum Gasteiger partial charge on any atom is 0.141 e. The van der Waals surface area contributed by atoms with Crippen LogP contribution in [0.3, 0.4) is 0 Å². The lowest BCUT2D eigenvalue weighted by molar-refractivity contribution is 0.414. The molecule has 1 N–H and O–H groups in total. The Bertz CT molecular complexity index is 570. The molecule has 0 spiro atoms. The van der Waals surface area contributed by atoms with Crippen molar-refractivity contribution in [2.75, 3.05) is 20.2 Å². The Morgan fingerprint density at radius 3 is 2.57 bits per heavy atom. The molecule has 2 rings (SSSR count). The Balaban J connectivity index is 1.71. The van der Waals surface area contributed by atoms with E-state index in [0.717, 1.165) is 42.9 Å². The van der Waals surface area contributed by atoms with Crippen molar-refractivity contribution >= 4 is 0 Å². The van der Waals surface area contributed by atoms with E-state index >= 15 is 0 Å². The van der Waals surface area contributed by atoms with Crippen LogP contribution in [0.5, 0.6) is 5.75 Å². The number of aromatic nitrogens is 1. The molecule has 0 amide bonds. The molecule has 3 nitrogen and oxygen atoms in total. The molecule has 0 unspecified atom stereocenters. The van der Waals surface area contributed by atoms with Crippen molar-refractivity contribution < 1.29 is 9.13 Å². The molecule has 1 aromatic carbocycles. The highest BCUT2D eigenvalue weighted by Crippen LogP contribution is 2.11. The van der Waals surface area contributed by atoms with Crippen molar-refractivity contribution in [1.82, 2.24) is 10.3 Å². The molecular weight excluding hydrogens is 267 g/mol. The summed E-state index contributed by atoms with van der Waals surface area (Å²) in [5, 5.41) is 3.38. The lowest BCUT2D eigenvalue weighted by atomic mass is 10.1. The molecule has 4 heteroatoms. The van der Waals surface area contributed by atoms with Crippen LogP contribution in [-0.4, -0.2) is 25.2 Å². The molecule has 0 saturated heterocycles. The molecule has 112 valence electrons.